The number of nitrogens with two attached hydrogens (primary N) is 1. The van der Waals surface area contributed by atoms with Crippen molar-refractivity contribution in [3.05, 3.63) is 23.6 Å². The van der Waals surface area contributed by atoms with Crippen molar-refractivity contribution in [2.24, 2.45) is 23.5 Å². The number of nitrogens with zero attached hydrogens (tertiary/aromatic N) is 1. The Kier molecular flexibility index (Phi) is 5.01. The van der Waals surface area contributed by atoms with E-state index >= 15 is 0 Å². The zero-order valence-corrected chi connectivity index (χ0v) is 16.4. The van der Waals surface area contributed by atoms with E-state index in [0.29, 0.717) is 30.2 Å². The van der Waals surface area contributed by atoms with Gasteiger partial charge in [-0.15, -0.1) is 23.7 Å². The third-order valence-corrected chi connectivity index (χ3v) is 6.61. The van der Waals surface area contributed by atoms with E-state index in [-0.39, 0.29) is 30.3 Å². The Morgan fingerprint density at radius 3 is 2.74 bits per heavy atom. The molecule has 6 nitrogen and oxygen atoms in total. The molecule has 1 aromatic heterocycles. The maximum absolute atomic E-state index is 12.7. The van der Waals surface area contributed by atoms with Crippen LogP contribution in [0.5, 0.6) is 11.5 Å². The summed E-state index contributed by atoms with van der Waals surface area (Å²) < 4.78 is 11.2. The second kappa shape index (κ2) is 7.30. The molecule has 1 aliphatic heterocycles. The van der Waals surface area contributed by atoms with Gasteiger partial charge in [-0.1, -0.05) is 0 Å². The lowest BCUT2D eigenvalue weighted by Gasteiger charge is -2.26. The number of nitrogens with one attached hydrogen (secondary N) is 1. The van der Waals surface area contributed by atoms with E-state index in [1.54, 1.807) is 0 Å². The van der Waals surface area contributed by atoms with Crippen molar-refractivity contribution in [2.45, 2.75) is 25.3 Å². The second-order valence-corrected chi connectivity index (χ2v) is 8.18. The number of rotatable bonds is 3. The molecule has 3 N–H and O–H groups in total. The molecule has 8 heteroatoms. The Morgan fingerprint density at radius 2 is 1.96 bits per heavy atom. The van der Waals surface area contributed by atoms with E-state index in [1.807, 2.05) is 23.6 Å². The van der Waals surface area contributed by atoms with Gasteiger partial charge in [0.05, 0.1) is 11.6 Å². The standard InChI is InChI=1S/C19H21N3O3S.ClH/c20-17-12-2-1-11(7-12)16(17)18(23)22-19-21-13(9-26-19)10-3-4-14-15(8-10)25-6-5-24-14;/h3-4,8-9,11-12,16-17H,1-2,5-7,20H2,(H,21,22,23);1H. The summed E-state index contributed by atoms with van der Waals surface area (Å²) in [5, 5.41) is 5.55. The lowest BCUT2D eigenvalue weighted by molar-refractivity contribution is -0.121. The van der Waals surface area contributed by atoms with Gasteiger partial charge >= 0.3 is 0 Å². The summed E-state index contributed by atoms with van der Waals surface area (Å²) in [4.78, 5) is 17.3. The van der Waals surface area contributed by atoms with Crippen molar-refractivity contribution >= 4 is 34.8 Å². The van der Waals surface area contributed by atoms with E-state index in [2.05, 4.69) is 10.3 Å². The minimum Gasteiger partial charge on any atom is -0.486 e. The average molecular weight is 408 g/mol. The molecule has 2 fully saturated rings. The topological polar surface area (TPSA) is 86.5 Å². The van der Waals surface area contributed by atoms with E-state index in [4.69, 9.17) is 15.2 Å². The fraction of sp³-hybridized carbons (Fsp3) is 0.474. The van der Waals surface area contributed by atoms with Gasteiger partial charge in [0.15, 0.2) is 16.6 Å². The van der Waals surface area contributed by atoms with Crippen LogP contribution in [0, 0.1) is 17.8 Å². The minimum absolute atomic E-state index is 0. The largest absolute Gasteiger partial charge is 0.486 e. The normalized spacial score (nSPS) is 27.9. The van der Waals surface area contributed by atoms with E-state index in [1.165, 1.54) is 17.8 Å². The van der Waals surface area contributed by atoms with E-state index in [0.717, 1.165) is 35.6 Å². The molecule has 2 aromatic rings. The zero-order chi connectivity index (χ0) is 17.7. The number of ether oxygens (including phenoxy) is 2. The maximum atomic E-state index is 12.7. The predicted molar refractivity (Wildman–Crippen MR) is 107 cm³/mol. The lowest BCUT2D eigenvalue weighted by Crippen LogP contribution is -2.42. The molecule has 4 unspecified atom stereocenters. The van der Waals surface area contributed by atoms with Gasteiger partial charge in [0, 0.05) is 17.0 Å². The van der Waals surface area contributed by atoms with Crippen molar-refractivity contribution in [1.29, 1.82) is 0 Å². The van der Waals surface area contributed by atoms with Gasteiger partial charge < -0.3 is 20.5 Å². The summed E-state index contributed by atoms with van der Waals surface area (Å²) in [7, 11) is 0. The summed E-state index contributed by atoms with van der Waals surface area (Å²) in [5.74, 6) is 2.39. The molecule has 2 saturated carbocycles. The monoisotopic (exact) mass is 407 g/mol. The number of carbonyl (C=O) groups excluding carboxylic acids is 1. The molecule has 2 heterocycles. The predicted octanol–water partition coefficient (Wildman–Crippen LogP) is 3.32. The third kappa shape index (κ3) is 3.28. The first kappa shape index (κ1) is 18.5. The molecular weight excluding hydrogens is 386 g/mol. The summed E-state index contributed by atoms with van der Waals surface area (Å²) in [6.45, 7) is 1.13. The van der Waals surface area contributed by atoms with Crippen molar-refractivity contribution in [3.8, 4) is 22.8 Å². The average Bonchev–Trinajstić information content (AvgIpc) is 3.37. The number of anilines is 1. The molecule has 0 spiro atoms. The van der Waals surface area contributed by atoms with Crippen LogP contribution in [0.2, 0.25) is 0 Å². The van der Waals surface area contributed by atoms with Gasteiger partial charge in [-0.3, -0.25) is 4.79 Å². The van der Waals surface area contributed by atoms with Gasteiger partial charge in [0.2, 0.25) is 5.91 Å². The summed E-state index contributed by atoms with van der Waals surface area (Å²) >= 11 is 1.43. The maximum Gasteiger partial charge on any atom is 0.231 e. The number of hydrogen-bond acceptors (Lipinski definition) is 6. The fourth-order valence-electron chi connectivity index (χ4n) is 4.58. The van der Waals surface area contributed by atoms with E-state index in [9.17, 15) is 4.79 Å². The molecule has 1 amide bonds. The van der Waals surface area contributed by atoms with Crippen LogP contribution in [0.15, 0.2) is 23.6 Å². The first-order valence-electron chi connectivity index (χ1n) is 9.11. The molecule has 2 bridgehead atoms. The number of fused-ring (bicyclic) bond motifs is 3. The Hall–Kier alpha value is -1.83. The highest BCUT2D eigenvalue weighted by Gasteiger charge is 2.49. The highest BCUT2D eigenvalue weighted by Crippen LogP contribution is 2.48. The Balaban J connectivity index is 0.00000180. The molecule has 3 aliphatic rings. The Morgan fingerprint density at radius 1 is 1.19 bits per heavy atom. The van der Waals surface area contributed by atoms with Crippen LogP contribution in [0.25, 0.3) is 11.3 Å². The molecule has 27 heavy (non-hydrogen) atoms. The third-order valence-electron chi connectivity index (χ3n) is 5.86. The van der Waals surface area contributed by atoms with Crippen LogP contribution in [0.4, 0.5) is 5.13 Å². The molecule has 0 radical (unpaired) electrons. The van der Waals surface area contributed by atoms with Gasteiger partial charge in [-0.25, -0.2) is 4.98 Å². The van der Waals surface area contributed by atoms with Crippen LogP contribution < -0.4 is 20.5 Å². The van der Waals surface area contributed by atoms with Crippen molar-refractivity contribution in [1.82, 2.24) is 4.98 Å². The first-order chi connectivity index (χ1) is 12.7. The van der Waals surface area contributed by atoms with Crippen LogP contribution >= 0.6 is 23.7 Å². The molecule has 1 aromatic carbocycles. The Labute approximate surface area is 167 Å². The van der Waals surface area contributed by atoms with Crippen molar-refractivity contribution < 1.29 is 14.3 Å². The SMILES string of the molecule is Cl.NC1C2CCC(C2)C1C(=O)Nc1nc(-c2ccc3c(c2)OCCO3)cs1. The van der Waals surface area contributed by atoms with E-state index < -0.39 is 0 Å². The highest BCUT2D eigenvalue weighted by atomic mass is 35.5. The number of hydrogen-bond donors (Lipinski definition) is 2. The van der Waals surface area contributed by atoms with Gasteiger partial charge in [-0.05, 0) is 49.3 Å². The van der Waals surface area contributed by atoms with Crippen LogP contribution in [-0.2, 0) is 4.79 Å². The summed E-state index contributed by atoms with van der Waals surface area (Å²) in [6.07, 6.45) is 3.39. The van der Waals surface area contributed by atoms with Crippen LogP contribution in [-0.4, -0.2) is 30.1 Å². The van der Waals surface area contributed by atoms with Gasteiger partial charge in [0.25, 0.3) is 0 Å². The minimum atomic E-state index is -0.0737. The zero-order valence-electron chi connectivity index (χ0n) is 14.7. The van der Waals surface area contributed by atoms with Crippen molar-refractivity contribution in [3.63, 3.8) is 0 Å². The van der Waals surface area contributed by atoms with Gasteiger partial charge in [-0.2, -0.15) is 0 Å². The number of aromatic nitrogens is 1. The first-order valence-corrected chi connectivity index (χ1v) is 9.99. The summed E-state index contributed by atoms with van der Waals surface area (Å²) in [6, 6.07) is 5.78. The lowest BCUT2D eigenvalue weighted by atomic mass is 9.84. The molecule has 0 saturated heterocycles. The molecule has 2 aliphatic carbocycles. The van der Waals surface area contributed by atoms with Crippen molar-refractivity contribution in [2.75, 3.05) is 18.5 Å². The number of benzene rings is 1. The number of amides is 1. The molecule has 144 valence electrons. The molecular formula is C19H22ClN3O3S. The fourth-order valence-corrected chi connectivity index (χ4v) is 5.30. The molecule has 4 atom stereocenters. The van der Waals surface area contributed by atoms with Crippen LogP contribution in [0.1, 0.15) is 19.3 Å². The smallest absolute Gasteiger partial charge is 0.231 e. The number of halogens is 1. The summed E-state index contributed by atoms with van der Waals surface area (Å²) in [5.41, 5.74) is 8.04. The highest BCUT2D eigenvalue weighted by molar-refractivity contribution is 7.14. The molecule has 5 rings (SSSR count). The van der Waals surface area contributed by atoms with Gasteiger partial charge in [0.1, 0.15) is 13.2 Å². The number of carbonyl (C=O) groups is 1. The Bertz CT molecular complexity index is 856. The van der Waals surface area contributed by atoms with Crippen LogP contribution in [0.3, 0.4) is 0 Å². The second-order valence-electron chi connectivity index (χ2n) is 7.32. The quantitative estimate of drug-likeness (QED) is 0.815. The number of thiazole rings is 1.